The molecule has 7 heteroatoms. The summed E-state index contributed by atoms with van der Waals surface area (Å²) in [5.74, 6) is 0.272. The predicted octanol–water partition coefficient (Wildman–Crippen LogP) is 5.20. The summed E-state index contributed by atoms with van der Waals surface area (Å²) < 4.78 is 43.7. The number of ether oxygens (including phenoxy) is 1. The van der Waals surface area contributed by atoms with E-state index in [1.165, 1.54) is 19.2 Å². The van der Waals surface area contributed by atoms with Gasteiger partial charge in [0.25, 0.3) is 5.91 Å². The van der Waals surface area contributed by atoms with Crippen LogP contribution in [0.5, 0.6) is 11.5 Å². The Morgan fingerprint density at radius 2 is 1.78 bits per heavy atom. The monoisotopic (exact) mass is 370 g/mol. The Hall–Kier alpha value is -3.53. The molecule has 0 aromatic heterocycles. The third kappa shape index (κ3) is 3.85. The molecule has 27 heavy (non-hydrogen) atoms. The SMILES string of the molecule is CN(C#N)C(=O)c1ccc2c(Oc3ccc(C(F)(F)F)cc3)cccc2c1. The average molecular weight is 370 g/mol. The van der Waals surface area contributed by atoms with Gasteiger partial charge in [-0.1, -0.05) is 12.1 Å². The zero-order valence-corrected chi connectivity index (χ0v) is 14.1. The fourth-order valence-electron chi connectivity index (χ4n) is 2.55. The number of halogens is 3. The minimum absolute atomic E-state index is 0.264. The molecule has 0 heterocycles. The van der Waals surface area contributed by atoms with Gasteiger partial charge < -0.3 is 4.74 Å². The molecule has 136 valence electrons. The molecule has 0 unspecified atom stereocenters. The highest BCUT2D eigenvalue weighted by molar-refractivity contribution is 6.00. The number of carbonyl (C=O) groups is 1. The largest absolute Gasteiger partial charge is 0.457 e. The number of alkyl halides is 3. The summed E-state index contributed by atoms with van der Waals surface area (Å²) in [5.41, 5.74) is -0.407. The van der Waals surface area contributed by atoms with Gasteiger partial charge in [-0.25, -0.2) is 4.90 Å². The average Bonchev–Trinajstić information content (AvgIpc) is 2.66. The summed E-state index contributed by atoms with van der Waals surface area (Å²) >= 11 is 0. The number of fused-ring (bicyclic) bond motifs is 1. The molecule has 4 nitrogen and oxygen atoms in total. The molecular weight excluding hydrogens is 357 g/mol. The molecular formula is C20H13F3N2O2. The Kier molecular flexibility index (Phi) is 4.74. The quantitative estimate of drug-likeness (QED) is 0.470. The van der Waals surface area contributed by atoms with E-state index in [2.05, 4.69) is 0 Å². The van der Waals surface area contributed by atoms with Crippen molar-refractivity contribution in [1.82, 2.24) is 4.90 Å². The first kappa shape index (κ1) is 18.3. The summed E-state index contributed by atoms with van der Waals surface area (Å²) in [5, 5.41) is 10.2. The van der Waals surface area contributed by atoms with E-state index in [0.717, 1.165) is 17.0 Å². The molecule has 0 bridgehead atoms. The third-order valence-electron chi connectivity index (χ3n) is 3.95. The maximum atomic E-state index is 12.6. The molecule has 0 saturated carbocycles. The van der Waals surface area contributed by atoms with Crippen LogP contribution in [-0.4, -0.2) is 17.9 Å². The van der Waals surface area contributed by atoms with Gasteiger partial charge in [-0.15, -0.1) is 0 Å². The van der Waals surface area contributed by atoms with Gasteiger partial charge in [0.2, 0.25) is 0 Å². The summed E-state index contributed by atoms with van der Waals surface area (Å²) in [7, 11) is 1.37. The zero-order valence-electron chi connectivity index (χ0n) is 14.1. The zero-order chi connectivity index (χ0) is 19.6. The highest BCUT2D eigenvalue weighted by atomic mass is 19.4. The van der Waals surface area contributed by atoms with Crippen LogP contribution in [0.15, 0.2) is 60.7 Å². The highest BCUT2D eigenvalue weighted by Gasteiger charge is 2.30. The van der Waals surface area contributed by atoms with E-state index in [-0.39, 0.29) is 5.75 Å². The van der Waals surface area contributed by atoms with Crippen molar-refractivity contribution in [3.05, 3.63) is 71.8 Å². The topological polar surface area (TPSA) is 53.3 Å². The van der Waals surface area contributed by atoms with E-state index in [4.69, 9.17) is 10.00 Å². The lowest BCUT2D eigenvalue weighted by Crippen LogP contribution is -2.20. The lowest BCUT2D eigenvalue weighted by molar-refractivity contribution is -0.137. The highest BCUT2D eigenvalue weighted by Crippen LogP contribution is 2.33. The second-order valence-electron chi connectivity index (χ2n) is 5.78. The van der Waals surface area contributed by atoms with Gasteiger partial charge in [0.05, 0.1) is 5.56 Å². The Morgan fingerprint density at radius 1 is 1.07 bits per heavy atom. The molecule has 1 amide bonds. The van der Waals surface area contributed by atoms with Gasteiger partial charge in [0.15, 0.2) is 6.19 Å². The van der Waals surface area contributed by atoms with Crippen LogP contribution in [0, 0.1) is 11.5 Å². The van der Waals surface area contributed by atoms with Crippen molar-refractivity contribution in [3.63, 3.8) is 0 Å². The number of benzene rings is 3. The molecule has 0 radical (unpaired) electrons. The van der Waals surface area contributed by atoms with Crippen molar-refractivity contribution in [1.29, 1.82) is 5.26 Å². The fraction of sp³-hybridized carbons (Fsp3) is 0.100. The maximum absolute atomic E-state index is 12.6. The molecule has 0 spiro atoms. The molecule has 3 aromatic rings. The lowest BCUT2D eigenvalue weighted by atomic mass is 10.1. The van der Waals surface area contributed by atoms with Crippen LogP contribution in [0.4, 0.5) is 13.2 Å². The summed E-state index contributed by atoms with van der Waals surface area (Å²) in [6.45, 7) is 0. The number of nitrogens with zero attached hydrogens (tertiary/aromatic N) is 2. The molecule has 0 aliphatic rings. The van der Waals surface area contributed by atoms with Gasteiger partial charge in [0.1, 0.15) is 11.5 Å². The van der Waals surface area contributed by atoms with Crippen LogP contribution < -0.4 is 4.74 Å². The second-order valence-corrected chi connectivity index (χ2v) is 5.78. The number of nitriles is 1. The molecule has 3 aromatic carbocycles. The minimum atomic E-state index is -4.41. The normalized spacial score (nSPS) is 11.1. The van der Waals surface area contributed by atoms with Crippen molar-refractivity contribution in [2.24, 2.45) is 0 Å². The van der Waals surface area contributed by atoms with Crippen molar-refractivity contribution in [2.45, 2.75) is 6.18 Å². The van der Waals surface area contributed by atoms with E-state index in [1.54, 1.807) is 42.6 Å². The van der Waals surface area contributed by atoms with Crippen LogP contribution in [0.2, 0.25) is 0 Å². The third-order valence-corrected chi connectivity index (χ3v) is 3.95. The van der Waals surface area contributed by atoms with Crippen molar-refractivity contribution < 1.29 is 22.7 Å². The van der Waals surface area contributed by atoms with Gasteiger partial charge >= 0.3 is 6.18 Å². The van der Waals surface area contributed by atoms with Crippen molar-refractivity contribution in [3.8, 4) is 17.7 Å². The first-order valence-electron chi connectivity index (χ1n) is 7.85. The van der Waals surface area contributed by atoms with Crippen LogP contribution >= 0.6 is 0 Å². The Balaban J connectivity index is 1.92. The Bertz CT molecular complexity index is 1040. The van der Waals surface area contributed by atoms with Gasteiger partial charge in [-0.05, 0) is 53.9 Å². The lowest BCUT2D eigenvalue weighted by Gasteiger charge is -2.12. The van der Waals surface area contributed by atoms with E-state index in [0.29, 0.717) is 22.1 Å². The van der Waals surface area contributed by atoms with Crippen LogP contribution in [0.1, 0.15) is 15.9 Å². The predicted molar refractivity (Wildman–Crippen MR) is 93.2 cm³/mol. The van der Waals surface area contributed by atoms with E-state index >= 15 is 0 Å². The first-order chi connectivity index (χ1) is 12.8. The minimum Gasteiger partial charge on any atom is -0.457 e. The maximum Gasteiger partial charge on any atom is 0.416 e. The summed E-state index contributed by atoms with van der Waals surface area (Å²) in [6, 6.07) is 14.5. The number of hydrogen-bond acceptors (Lipinski definition) is 3. The van der Waals surface area contributed by atoms with Crippen molar-refractivity contribution in [2.75, 3.05) is 7.05 Å². The van der Waals surface area contributed by atoms with Gasteiger partial charge in [0, 0.05) is 18.0 Å². The number of amides is 1. The van der Waals surface area contributed by atoms with E-state index in [1.807, 2.05) is 0 Å². The Labute approximate surface area is 153 Å². The molecule has 0 aliphatic heterocycles. The molecule has 0 fully saturated rings. The van der Waals surface area contributed by atoms with Crippen LogP contribution in [0.3, 0.4) is 0 Å². The molecule has 0 saturated heterocycles. The van der Waals surface area contributed by atoms with E-state index < -0.39 is 17.6 Å². The first-order valence-corrected chi connectivity index (χ1v) is 7.85. The standard InChI is InChI=1S/C20H13F3N2O2/c1-25(12-24)19(26)14-5-10-17-13(11-14)3-2-4-18(17)27-16-8-6-15(7-9-16)20(21,22)23/h2-11H,1H3. The number of rotatable bonds is 3. The number of hydrogen-bond donors (Lipinski definition) is 0. The molecule has 0 aliphatic carbocycles. The Morgan fingerprint density at radius 3 is 2.41 bits per heavy atom. The summed E-state index contributed by atoms with van der Waals surface area (Å²) in [4.78, 5) is 13.0. The molecule has 0 atom stereocenters. The van der Waals surface area contributed by atoms with Gasteiger partial charge in [-0.2, -0.15) is 18.4 Å². The molecule has 0 N–H and O–H groups in total. The van der Waals surface area contributed by atoms with Crippen LogP contribution in [-0.2, 0) is 6.18 Å². The second kappa shape index (κ2) is 7.00. The van der Waals surface area contributed by atoms with Crippen LogP contribution in [0.25, 0.3) is 10.8 Å². The molecule has 3 rings (SSSR count). The fourth-order valence-corrected chi connectivity index (χ4v) is 2.55. The van der Waals surface area contributed by atoms with Gasteiger partial charge in [-0.3, -0.25) is 4.79 Å². The summed E-state index contributed by atoms with van der Waals surface area (Å²) in [6.07, 6.45) is -2.66. The van der Waals surface area contributed by atoms with Crippen molar-refractivity contribution >= 4 is 16.7 Å². The smallest absolute Gasteiger partial charge is 0.416 e. The number of carbonyl (C=O) groups excluding carboxylic acids is 1. The van der Waals surface area contributed by atoms with E-state index in [9.17, 15) is 18.0 Å².